The molecule has 1 aromatic carbocycles. The van der Waals surface area contributed by atoms with Gasteiger partial charge >= 0.3 is 0 Å². The highest BCUT2D eigenvalue weighted by atomic mass is 16.5. The number of nitrogens with zero attached hydrogens (tertiary/aromatic N) is 3. The maximum absolute atomic E-state index is 5.89. The first kappa shape index (κ1) is 15.9. The Morgan fingerprint density at radius 3 is 2.87 bits per heavy atom. The van der Waals surface area contributed by atoms with Crippen molar-refractivity contribution < 1.29 is 4.74 Å². The molecule has 1 aliphatic rings. The molecule has 5 nitrogen and oxygen atoms in total. The van der Waals surface area contributed by atoms with Crippen LogP contribution >= 0.6 is 0 Å². The van der Waals surface area contributed by atoms with Gasteiger partial charge in [-0.15, -0.1) is 0 Å². The normalized spacial score (nSPS) is 18.9. The highest BCUT2D eigenvalue weighted by Gasteiger charge is 2.27. The van der Waals surface area contributed by atoms with Gasteiger partial charge < -0.3 is 10.5 Å². The second kappa shape index (κ2) is 7.53. The van der Waals surface area contributed by atoms with Crippen molar-refractivity contribution in [1.29, 1.82) is 0 Å². The third kappa shape index (κ3) is 3.68. The van der Waals surface area contributed by atoms with Crippen LogP contribution in [0.4, 0.5) is 5.95 Å². The highest BCUT2D eigenvalue weighted by molar-refractivity contribution is 5.66. The summed E-state index contributed by atoms with van der Waals surface area (Å²) in [5, 5.41) is 0. The number of benzene rings is 1. The minimum atomic E-state index is 0.277. The topological polar surface area (TPSA) is 64.3 Å². The summed E-state index contributed by atoms with van der Waals surface area (Å²) < 4.78 is 5.27. The summed E-state index contributed by atoms with van der Waals surface area (Å²) in [6.07, 6.45) is 5.39. The lowest BCUT2D eigenvalue weighted by atomic mass is 9.94. The molecule has 122 valence electrons. The summed E-state index contributed by atoms with van der Waals surface area (Å²) in [5.74, 6) is 0.344. The van der Waals surface area contributed by atoms with E-state index in [1.165, 1.54) is 12.8 Å². The van der Waals surface area contributed by atoms with Crippen molar-refractivity contribution >= 4 is 5.95 Å². The SMILES string of the molecule is COCCN1CCCC[C@@H]1c1nc(N)ncc1-c1ccccc1. The maximum Gasteiger partial charge on any atom is 0.220 e. The van der Waals surface area contributed by atoms with Gasteiger partial charge in [0.25, 0.3) is 0 Å². The van der Waals surface area contributed by atoms with E-state index in [0.717, 1.165) is 42.9 Å². The molecule has 1 aromatic heterocycles. The van der Waals surface area contributed by atoms with Gasteiger partial charge in [-0.1, -0.05) is 36.8 Å². The van der Waals surface area contributed by atoms with Gasteiger partial charge in [-0.05, 0) is 24.9 Å². The zero-order valence-corrected chi connectivity index (χ0v) is 13.6. The van der Waals surface area contributed by atoms with E-state index in [4.69, 9.17) is 10.5 Å². The molecule has 0 amide bonds. The molecule has 1 atom stereocenters. The molecular formula is C18H24N4O. The standard InChI is InChI=1S/C18H24N4O/c1-23-12-11-22-10-6-5-9-16(22)17-15(13-20-18(19)21-17)14-7-3-2-4-8-14/h2-4,7-8,13,16H,5-6,9-12H2,1H3,(H2,19,20,21)/t16-/m1/s1. The Labute approximate surface area is 137 Å². The molecule has 0 saturated carbocycles. The van der Waals surface area contributed by atoms with E-state index < -0.39 is 0 Å². The Balaban J connectivity index is 1.98. The van der Waals surface area contributed by atoms with E-state index in [1.807, 2.05) is 24.4 Å². The molecule has 2 N–H and O–H groups in total. The zero-order valence-electron chi connectivity index (χ0n) is 13.6. The number of hydrogen-bond donors (Lipinski definition) is 1. The lowest BCUT2D eigenvalue weighted by Gasteiger charge is -2.36. The summed E-state index contributed by atoms with van der Waals surface area (Å²) in [6, 6.07) is 10.6. The summed E-state index contributed by atoms with van der Waals surface area (Å²) >= 11 is 0. The van der Waals surface area contributed by atoms with Crippen LogP contribution in [0.1, 0.15) is 31.0 Å². The van der Waals surface area contributed by atoms with Crippen LogP contribution in [0.25, 0.3) is 11.1 Å². The lowest BCUT2D eigenvalue weighted by molar-refractivity contribution is 0.0945. The molecule has 23 heavy (non-hydrogen) atoms. The zero-order chi connectivity index (χ0) is 16.1. The molecule has 3 rings (SSSR count). The molecule has 2 aromatic rings. The van der Waals surface area contributed by atoms with Crippen LogP contribution in [0, 0.1) is 0 Å². The molecule has 0 bridgehead atoms. The summed E-state index contributed by atoms with van der Waals surface area (Å²) in [4.78, 5) is 11.3. The van der Waals surface area contributed by atoms with Crippen LogP contribution in [0.5, 0.6) is 0 Å². The van der Waals surface area contributed by atoms with E-state index in [1.54, 1.807) is 7.11 Å². The van der Waals surface area contributed by atoms with E-state index in [2.05, 4.69) is 27.0 Å². The van der Waals surface area contributed by atoms with Gasteiger partial charge in [0.1, 0.15) is 0 Å². The number of rotatable bonds is 5. The minimum Gasteiger partial charge on any atom is -0.383 e. The molecule has 1 saturated heterocycles. The average Bonchev–Trinajstić information content (AvgIpc) is 2.61. The summed E-state index contributed by atoms with van der Waals surface area (Å²) in [5.41, 5.74) is 9.15. The quantitative estimate of drug-likeness (QED) is 0.919. The van der Waals surface area contributed by atoms with Gasteiger partial charge in [0, 0.05) is 25.4 Å². The second-order valence-electron chi connectivity index (χ2n) is 5.93. The summed E-state index contributed by atoms with van der Waals surface area (Å²) in [6.45, 7) is 2.73. The number of ether oxygens (including phenoxy) is 1. The Kier molecular flexibility index (Phi) is 5.20. The van der Waals surface area contributed by atoms with Crippen LogP contribution in [-0.2, 0) is 4.74 Å². The Morgan fingerprint density at radius 1 is 1.26 bits per heavy atom. The molecule has 1 fully saturated rings. The van der Waals surface area contributed by atoms with Crippen molar-refractivity contribution in [3.63, 3.8) is 0 Å². The first-order chi connectivity index (χ1) is 11.3. The number of hydrogen-bond acceptors (Lipinski definition) is 5. The Bertz CT molecular complexity index is 632. The highest BCUT2D eigenvalue weighted by Crippen LogP contribution is 2.35. The van der Waals surface area contributed by atoms with Crippen molar-refractivity contribution in [1.82, 2.24) is 14.9 Å². The number of nitrogens with two attached hydrogens (primary N) is 1. The van der Waals surface area contributed by atoms with Crippen molar-refractivity contribution in [3.05, 3.63) is 42.2 Å². The molecule has 0 unspecified atom stereocenters. The van der Waals surface area contributed by atoms with Gasteiger partial charge in [-0.3, -0.25) is 4.90 Å². The number of nitrogen functional groups attached to an aromatic ring is 1. The predicted molar refractivity (Wildman–Crippen MR) is 91.9 cm³/mol. The first-order valence-electron chi connectivity index (χ1n) is 8.20. The third-order valence-electron chi connectivity index (χ3n) is 4.43. The van der Waals surface area contributed by atoms with Gasteiger partial charge in [0.05, 0.1) is 18.3 Å². The molecule has 0 spiro atoms. The number of methoxy groups -OCH3 is 1. The van der Waals surface area contributed by atoms with Crippen molar-refractivity contribution in [2.45, 2.75) is 25.3 Å². The number of aromatic nitrogens is 2. The van der Waals surface area contributed by atoms with Crippen molar-refractivity contribution in [2.24, 2.45) is 0 Å². The summed E-state index contributed by atoms with van der Waals surface area (Å²) in [7, 11) is 1.75. The number of anilines is 1. The van der Waals surface area contributed by atoms with E-state index in [-0.39, 0.29) is 6.04 Å². The van der Waals surface area contributed by atoms with Crippen LogP contribution in [0.15, 0.2) is 36.5 Å². The van der Waals surface area contributed by atoms with Crippen molar-refractivity contribution in [3.8, 4) is 11.1 Å². The van der Waals surface area contributed by atoms with Gasteiger partial charge in [0.2, 0.25) is 5.95 Å². The van der Waals surface area contributed by atoms with E-state index in [0.29, 0.717) is 5.95 Å². The minimum absolute atomic E-state index is 0.277. The van der Waals surface area contributed by atoms with Gasteiger partial charge in [-0.25, -0.2) is 9.97 Å². The van der Waals surface area contributed by atoms with Crippen LogP contribution < -0.4 is 5.73 Å². The Morgan fingerprint density at radius 2 is 2.09 bits per heavy atom. The van der Waals surface area contributed by atoms with E-state index >= 15 is 0 Å². The fourth-order valence-electron chi connectivity index (χ4n) is 3.28. The molecule has 5 heteroatoms. The van der Waals surface area contributed by atoms with E-state index in [9.17, 15) is 0 Å². The monoisotopic (exact) mass is 312 g/mol. The molecular weight excluding hydrogens is 288 g/mol. The Hall–Kier alpha value is -1.98. The third-order valence-corrected chi connectivity index (χ3v) is 4.43. The van der Waals surface area contributed by atoms with Gasteiger partial charge in [0.15, 0.2) is 0 Å². The number of likely N-dealkylation sites (tertiary alicyclic amines) is 1. The molecule has 2 heterocycles. The van der Waals surface area contributed by atoms with Crippen molar-refractivity contribution in [2.75, 3.05) is 32.5 Å². The van der Waals surface area contributed by atoms with Crippen LogP contribution in [0.3, 0.4) is 0 Å². The smallest absolute Gasteiger partial charge is 0.220 e. The number of piperidine rings is 1. The van der Waals surface area contributed by atoms with Crippen LogP contribution in [-0.4, -0.2) is 41.7 Å². The first-order valence-corrected chi connectivity index (χ1v) is 8.20. The predicted octanol–water partition coefficient (Wildman–Crippen LogP) is 2.90. The lowest BCUT2D eigenvalue weighted by Crippen LogP contribution is -2.36. The molecule has 0 radical (unpaired) electrons. The molecule has 1 aliphatic heterocycles. The largest absolute Gasteiger partial charge is 0.383 e. The maximum atomic E-state index is 5.89. The fraction of sp³-hybridized carbons (Fsp3) is 0.444. The molecule has 0 aliphatic carbocycles. The van der Waals surface area contributed by atoms with Crippen LogP contribution in [0.2, 0.25) is 0 Å². The fourth-order valence-corrected chi connectivity index (χ4v) is 3.28. The van der Waals surface area contributed by atoms with Gasteiger partial charge in [-0.2, -0.15) is 0 Å². The average molecular weight is 312 g/mol. The second-order valence-corrected chi connectivity index (χ2v) is 5.93.